The van der Waals surface area contributed by atoms with E-state index >= 15 is 0 Å². The van der Waals surface area contributed by atoms with Crippen LogP contribution in [-0.2, 0) is 25.0 Å². The fraction of sp³-hybridized carbons (Fsp3) is 0. The molecule has 0 saturated heterocycles. The number of hydrogen-bond donors (Lipinski definition) is 5. The smallest absolute Gasteiger partial charge is 0.294 e. The third-order valence-corrected chi connectivity index (χ3v) is 5.85. The van der Waals surface area contributed by atoms with E-state index in [0.717, 1.165) is 24.3 Å². The molecule has 0 aliphatic heterocycles. The molecule has 0 radical (unpaired) electrons. The van der Waals surface area contributed by atoms with Crippen LogP contribution >= 0.6 is 0 Å². The van der Waals surface area contributed by atoms with E-state index in [1.807, 2.05) is 0 Å². The molecule has 0 fully saturated rings. The maximum Gasteiger partial charge on any atom is 0.294 e. The normalized spacial score (nSPS) is 11.8. The minimum Gasteiger partial charge on any atom is -0.507 e. The summed E-state index contributed by atoms with van der Waals surface area (Å²) in [5.41, 5.74) is 0.279. The van der Waals surface area contributed by atoms with Gasteiger partial charge in [0, 0.05) is 22.7 Å². The Morgan fingerprint density at radius 3 is 1.94 bits per heavy atom. The van der Waals surface area contributed by atoms with Crippen LogP contribution in [0.1, 0.15) is 10.4 Å². The molecule has 3 aromatic rings. The highest BCUT2D eigenvalue weighted by atomic mass is 32.2. The lowest BCUT2D eigenvalue weighted by atomic mass is 10.1. The number of fused-ring (bicyclic) bond motifs is 1. The fourth-order valence-electron chi connectivity index (χ4n) is 2.82. The zero-order valence-corrected chi connectivity index (χ0v) is 16.9. The first kappa shape index (κ1) is 22.2. The number of phenols is 1. The summed E-state index contributed by atoms with van der Waals surface area (Å²) in [6, 6.07) is 8.95. The molecule has 0 saturated carbocycles. The van der Waals surface area contributed by atoms with Crippen LogP contribution in [0.4, 0.5) is 11.4 Å². The highest BCUT2D eigenvalue weighted by Gasteiger charge is 2.21. The zero-order chi connectivity index (χ0) is 23.0. The van der Waals surface area contributed by atoms with E-state index in [9.17, 15) is 40.6 Å². The molecule has 0 spiro atoms. The van der Waals surface area contributed by atoms with Gasteiger partial charge in [-0.1, -0.05) is 0 Å². The van der Waals surface area contributed by atoms with Crippen LogP contribution in [-0.4, -0.2) is 43.4 Å². The number of amides is 2. The Kier molecular flexibility index (Phi) is 5.69. The fourth-order valence-corrected chi connectivity index (χ4v) is 3.89. The Morgan fingerprint density at radius 2 is 1.42 bits per heavy atom. The van der Waals surface area contributed by atoms with Crippen molar-refractivity contribution in [1.29, 1.82) is 0 Å². The topological polar surface area (TPSA) is 187 Å². The standard InChI is InChI=1S/C18H14N2O9S2/c21-9-19-12-3-1-10(2-4-12)18(23)20-15-7-13(30(24,25)26)5-11-6-14(31(27,28)29)8-16(22)17(11)15/h1-9,22H,(H,19,21)(H,20,23)(H,24,25,26)(H,27,28,29). The van der Waals surface area contributed by atoms with Crippen molar-refractivity contribution in [2.75, 3.05) is 10.6 Å². The Bertz CT molecular complexity index is 1410. The predicted octanol–water partition coefficient (Wildman–Crippen LogP) is 1.86. The lowest BCUT2D eigenvalue weighted by Gasteiger charge is -2.13. The summed E-state index contributed by atoms with van der Waals surface area (Å²) in [7, 11) is -9.52. The van der Waals surface area contributed by atoms with Gasteiger partial charge in [-0.15, -0.1) is 0 Å². The maximum atomic E-state index is 12.6. The van der Waals surface area contributed by atoms with E-state index < -0.39 is 41.7 Å². The van der Waals surface area contributed by atoms with Crippen LogP contribution in [0.3, 0.4) is 0 Å². The van der Waals surface area contributed by atoms with Gasteiger partial charge >= 0.3 is 0 Å². The third-order valence-electron chi connectivity index (χ3n) is 4.19. The molecule has 0 bridgehead atoms. The summed E-state index contributed by atoms with van der Waals surface area (Å²) >= 11 is 0. The second kappa shape index (κ2) is 7.96. The molecule has 0 unspecified atom stereocenters. The highest BCUT2D eigenvalue weighted by Crippen LogP contribution is 2.36. The minimum absolute atomic E-state index is 0.107. The van der Waals surface area contributed by atoms with E-state index in [0.29, 0.717) is 12.1 Å². The van der Waals surface area contributed by atoms with Crippen LogP contribution in [0.5, 0.6) is 5.75 Å². The zero-order valence-electron chi connectivity index (χ0n) is 15.3. The molecule has 0 aromatic heterocycles. The first-order valence-corrected chi connectivity index (χ1v) is 11.2. The second-order valence-electron chi connectivity index (χ2n) is 6.26. The van der Waals surface area contributed by atoms with Crippen molar-refractivity contribution in [2.24, 2.45) is 0 Å². The molecule has 2 amide bonds. The number of benzene rings is 3. The van der Waals surface area contributed by atoms with Crippen molar-refractivity contribution >= 4 is 54.7 Å². The number of rotatable bonds is 6. The first-order valence-electron chi connectivity index (χ1n) is 8.27. The lowest BCUT2D eigenvalue weighted by Crippen LogP contribution is -2.13. The number of anilines is 2. The number of carbonyl (C=O) groups excluding carboxylic acids is 2. The van der Waals surface area contributed by atoms with E-state index in [1.165, 1.54) is 24.3 Å². The SMILES string of the molecule is O=CNc1ccc(C(=O)Nc2cc(S(=O)(=O)O)cc3cc(S(=O)(=O)O)cc(O)c23)cc1. The number of carbonyl (C=O) groups is 2. The van der Waals surface area contributed by atoms with Crippen LogP contribution in [0.15, 0.2) is 58.3 Å². The molecule has 31 heavy (non-hydrogen) atoms. The average Bonchev–Trinajstić information content (AvgIpc) is 2.66. The summed E-state index contributed by atoms with van der Waals surface area (Å²) in [5.74, 6) is -1.41. The Hall–Kier alpha value is -3.52. The van der Waals surface area contributed by atoms with Crippen LogP contribution in [0.25, 0.3) is 10.8 Å². The number of phenolic OH excluding ortho intramolecular Hbond substituents is 1. The molecule has 0 atom stereocenters. The van der Waals surface area contributed by atoms with Crippen LogP contribution in [0.2, 0.25) is 0 Å². The van der Waals surface area contributed by atoms with Gasteiger partial charge in [0.1, 0.15) is 5.75 Å². The Morgan fingerprint density at radius 1 is 0.871 bits per heavy atom. The number of aromatic hydroxyl groups is 1. The van der Waals surface area contributed by atoms with Gasteiger partial charge in [0.2, 0.25) is 6.41 Å². The van der Waals surface area contributed by atoms with Gasteiger partial charge in [-0.05, 0) is 47.9 Å². The summed E-state index contributed by atoms with van der Waals surface area (Å²) in [5, 5.41) is 14.7. The lowest BCUT2D eigenvalue weighted by molar-refractivity contribution is -0.105. The van der Waals surface area contributed by atoms with Gasteiger partial charge in [-0.25, -0.2) is 0 Å². The summed E-state index contributed by atoms with van der Waals surface area (Å²) in [6.07, 6.45) is 0.450. The molecule has 13 heteroatoms. The van der Waals surface area contributed by atoms with Crippen molar-refractivity contribution in [3.63, 3.8) is 0 Å². The van der Waals surface area contributed by atoms with Gasteiger partial charge in [-0.3, -0.25) is 18.7 Å². The van der Waals surface area contributed by atoms with Crippen molar-refractivity contribution in [3.05, 3.63) is 54.1 Å². The molecule has 11 nitrogen and oxygen atoms in total. The van der Waals surface area contributed by atoms with Crippen molar-refractivity contribution in [1.82, 2.24) is 0 Å². The Labute approximate surface area is 175 Å². The van der Waals surface area contributed by atoms with E-state index in [4.69, 9.17) is 0 Å². The van der Waals surface area contributed by atoms with Crippen molar-refractivity contribution in [3.8, 4) is 5.75 Å². The molecule has 0 aliphatic rings. The number of nitrogens with one attached hydrogen (secondary N) is 2. The van der Waals surface area contributed by atoms with Crippen molar-refractivity contribution in [2.45, 2.75) is 9.79 Å². The average molecular weight is 466 g/mol. The maximum absolute atomic E-state index is 12.6. The summed E-state index contributed by atoms with van der Waals surface area (Å²) < 4.78 is 64.7. The Balaban J connectivity index is 2.15. The first-order chi connectivity index (χ1) is 14.4. The number of hydrogen-bond acceptors (Lipinski definition) is 7. The van der Waals surface area contributed by atoms with Gasteiger partial charge in [-0.2, -0.15) is 16.8 Å². The van der Waals surface area contributed by atoms with Crippen molar-refractivity contribution < 1.29 is 40.6 Å². The summed E-state index contributed by atoms with van der Waals surface area (Å²) in [6.45, 7) is 0. The van der Waals surface area contributed by atoms with Crippen LogP contribution in [0, 0.1) is 0 Å². The monoisotopic (exact) mass is 466 g/mol. The quantitative estimate of drug-likeness (QED) is 0.267. The predicted molar refractivity (Wildman–Crippen MR) is 109 cm³/mol. The highest BCUT2D eigenvalue weighted by molar-refractivity contribution is 7.86. The molecule has 0 heterocycles. The van der Waals surface area contributed by atoms with Gasteiger partial charge in [0.15, 0.2) is 0 Å². The van der Waals surface area contributed by atoms with Gasteiger partial charge in [0.05, 0.1) is 15.5 Å². The molecular formula is C18H14N2O9S2. The minimum atomic E-state index is -4.78. The summed E-state index contributed by atoms with van der Waals surface area (Å²) in [4.78, 5) is 21.6. The molecule has 3 rings (SSSR count). The van der Waals surface area contributed by atoms with Gasteiger partial charge in [0.25, 0.3) is 26.1 Å². The largest absolute Gasteiger partial charge is 0.507 e. The molecule has 5 N–H and O–H groups in total. The molecule has 162 valence electrons. The van der Waals surface area contributed by atoms with E-state index in [-0.39, 0.29) is 22.0 Å². The van der Waals surface area contributed by atoms with Gasteiger partial charge < -0.3 is 15.7 Å². The van der Waals surface area contributed by atoms with E-state index in [2.05, 4.69) is 10.6 Å². The molecule has 0 aliphatic carbocycles. The van der Waals surface area contributed by atoms with Crippen LogP contribution < -0.4 is 10.6 Å². The molecular weight excluding hydrogens is 452 g/mol. The second-order valence-corrected chi connectivity index (χ2v) is 9.10. The van der Waals surface area contributed by atoms with E-state index in [1.54, 1.807) is 0 Å². The molecule has 3 aromatic carbocycles. The third kappa shape index (κ3) is 4.80.